The number of anilines is 1. The van der Waals surface area contributed by atoms with Gasteiger partial charge in [0.2, 0.25) is 0 Å². The van der Waals surface area contributed by atoms with Crippen LogP contribution in [0.5, 0.6) is 11.5 Å². The third-order valence-corrected chi connectivity index (χ3v) is 7.71. The minimum atomic E-state index is -0.900. The number of carboxylic acid groups (broad SMARTS) is 1. The van der Waals surface area contributed by atoms with E-state index in [0.717, 1.165) is 52.3 Å². The zero-order valence-electron chi connectivity index (χ0n) is 21.3. The van der Waals surface area contributed by atoms with Crippen LogP contribution in [0.3, 0.4) is 0 Å². The first-order valence-corrected chi connectivity index (χ1v) is 12.4. The minimum Gasteiger partial charge on any atom is -0.496 e. The van der Waals surface area contributed by atoms with E-state index in [2.05, 4.69) is 29.6 Å². The van der Waals surface area contributed by atoms with Crippen molar-refractivity contribution < 1.29 is 24.1 Å². The molecule has 2 aliphatic rings. The topological polar surface area (TPSA) is 77.0 Å². The van der Waals surface area contributed by atoms with E-state index in [1.807, 2.05) is 44.2 Å². The highest BCUT2D eigenvalue weighted by atomic mass is 16.5. The third kappa shape index (κ3) is 4.42. The summed E-state index contributed by atoms with van der Waals surface area (Å²) in [4.78, 5) is 11.9. The lowest BCUT2D eigenvalue weighted by atomic mass is 9.97. The first-order valence-electron chi connectivity index (χ1n) is 12.4. The third-order valence-electron chi connectivity index (χ3n) is 7.71. The molecule has 1 saturated carbocycles. The van der Waals surface area contributed by atoms with Crippen LogP contribution in [0.1, 0.15) is 35.6 Å². The Morgan fingerprint density at radius 1 is 1.03 bits per heavy atom. The highest BCUT2D eigenvalue weighted by Gasteiger charge is 2.58. The number of hydrogen-bond donors (Lipinski definition) is 2. The van der Waals surface area contributed by atoms with E-state index in [1.165, 1.54) is 11.1 Å². The largest absolute Gasteiger partial charge is 0.496 e. The predicted molar refractivity (Wildman–Crippen MR) is 140 cm³/mol. The van der Waals surface area contributed by atoms with Gasteiger partial charge in [-0.05, 0) is 84.2 Å². The van der Waals surface area contributed by atoms with E-state index in [1.54, 1.807) is 14.2 Å². The molecule has 0 aromatic heterocycles. The maximum Gasteiger partial charge on any atom is 0.329 e. The van der Waals surface area contributed by atoms with Gasteiger partial charge in [0.05, 0.1) is 26.9 Å². The molecule has 0 aliphatic heterocycles. The maximum atomic E-state index is 11.9. The number of rotatable bonds is 9. The second-order valence-corrected chi connectivity index (χ2v) is 9.99. The van der Waals surface area contributed by atoms with Crippen molar-refractivity contribution >= 4 is 11.7 Å². The number of aliphatic carboxylic acids is 1. The number of carbonyl (C=O) groups is 1. The highest BCUT2D eigenvalue weighted by molar-refractivity contribution is 5.87. The van der Waals surface area contributed by atoms with Gasteiger partial charge in [-0.15, -0.1) is 0 Å². The van der Waals surface area contributed by atoms with Crippen molar-refractivity contribution in [1.29, 1.82) is 0 Å². The van der Waals surface area contributed by atoms with Crippen molar-refractivity contribution in [2.24, 2.45) is 5.92 Å². The molecule has 188 valence electrons. The summed E-state index contributed by atoms with van der Waals surface area (Å²) in [7, 11) is 3.31. The second kappa shape index (κ2) is 9.51. The number of fused-ring (bicyclic) bond motifs is 1. The van der Waals surface area contributed by atoms with Crippen LogP contribution in [0, 0.1) is 12.8 Å². The van der Waals surface area contributed by atoms with Crippen molar-refractivity contribution in [3.05, 3.63) is 76.9 Å². The lowest BCUT2D eigenvalue weighted by Gasteiger charge is -2.20. The van der Waals surface area contributed by atoms with Gasteiger partial charge in [-0.3, -0.25) is 0 Å². The van der Waals surface area contributed by atoms with Crippen LogP contribution in [-0.4, -0.2) is 36.9 Å². The Morgan fingerprint density at radius 3 is 2.17 bits per heavy atom. The fourth-order valence-electron chi connectivity index (χ4n) is 5.37. The van der Waals surface area contributed by atoms with Crippen molar-refractivity contribution in [3.8, 4) is 22.6 Å². The van der Waals surface area contributed by atoms with Gasteiger partial charge in [0.15, 0.2) is 0 Å². The van der Waals surface area contributed by atoms with Crippen molar-refractivity contribution in [2.75, 3.05) is 19.5 Å². The molecule has 6 nitrogen and oxygen atoms in total. The summed E-state index contributed by atoms with van der Waals surface area (Å²) in [5.74, 6) is 0.771. The van der Waals surface area contributed by atoms with E-state index < -0.39 is 11.5 Å². The van der Waals surface area contributed by atoms with Crippen LogP contribution in [0.2, 0.25) is 0 Å². The number of hydrogen-bond acceptors (Lipinski definition) is 5. The quantitative estimate of drug-likeness (QED) is 0.407. The molecule has 0 amide bonds. The van der Waals surface area contributed by atoms with Crippen LogP contribution >= 0.6 is 0 Å². The first kappa shape index (κ1) is 24.2. The Morgan fingerprint density at radius 2 is 1.64 bits per heavy atom. The number of ether oxygens (including phenoxy) is 3. The van der Waals surface area contributed by atoms with Crippen LogP contribution in [-0.2, 0) is 29.0 Å². The predicted octanol–water partition coefficient (Wildman–Crippen LogP) is 5.64. The van der Waals surface area contributed by atoms with E-state index >= 15 is 0 Å². The van der Waals surface area contributed by atoms with Gasteiger partial charge < -0.3 is 24.6 Å². The second-order valence-electron chi connectivity index (χ2n) is 9.99. The van der Waals surface area contributed by atoms with Crippen LogP contribution < -0.4 is 14.8 Å². The molecule has 2 N–H and O–H groups in total. The molecule has 36 heavy (non-hydrogen) atoms. The Hall–Kier alpha value is -3.51. The summed E-state index contributed by atoms with van der Waals surface area (Å²) >= 11 is 0. The molecular weight excluding hydrogens is 454 g/mol. The molecule has 0 spiro atoms. The Kier molecular flexibility index (Phi) is 6.39. The molecule has 0 bridgehead atoms. The average Bonchev–Trinajstić information content (AvgIpc) is 3.34. The van der Waals surface area contributed by atoms with Crippen LogP contribution in [0.15, 0.2) is 54.6 Å². The van der Waals surface area contributed by atoms with E-state index in [0.29, 0.717) is 13.0 Å². The summed E-state index contributed by atoms with van der Waals surface area (Å²) in [5, 5.41) is 13.1. The summed E-state index contributed by atoms with van der Waals surface area (Å²) in [6, 6.07) is 18.5. The summed E-state index contributed by atoms with van der Waals surface area (Å²) in [5.41, 5.74) is 6.46. The smallest absolute Gasteiger partial charge is 0.329 e. The minimum absolute atomic E-state index is 0.0805. The van der Waals surface area contributed by atoms with Gasteiger partial charge in [0.1, 0.15) is 17.0 Å². The highest BCUT2D eigenvalue weighted by Crippen LogP contribution is 2.46. The monoisotopic (exact) mass is 487 g/mol. The zero-order valence-corrected chi connectivity index (χ0v) is 21.3. The lowest BCUT2D eigenvalue weighted by molar-refractivity contribution is -0.139. The molecule has 0 radical (unpaired) electrons. The van der Waals surface area contributed by atoms with Crippen LogP contribution in [0.25, 0.3) is 11.1 Å². The number of carboxylic acids is 1. The Balaban J connectivity index is 1.47. The fraction of sp³-hybridized carbons (Fsp3) is 0.367. The molecule has 2 aliphatic carbocycles. The van der Waals surface area contributed by atoms with Gasteiger partial charge in [0, 0.05) is 11.3 Å². The molecule has 3 aromatic rings. The standard InChI is InChI=1S/C30H33NO5/c1-18-16-30(18,29(32)33)31-24-9-10-26(22-14-27(34-3)19(2)28(15-22)35-4)23(11-24)17-36-25-12-20-7-5-6-8-21(20)13-25/h5-11,14-15,18,25,31H,12-13,16-17H2,1-4H3,(H,32,33)/t18-,30?/m1/s1. The summed E-state index contributed by atoms with van der Waals surface area (Å²) in [6.45, 7) is 4.35. The van der Waals surface area contributed by atoms with Gasteiger partial charge in [-0.1, -0.05) is 37.3 Å². The maximum absolute atomic E-state index is 11.9. The molecule has 3 aromatic carbocycles. The molecule has 1 unspecified atom stereocenters. The SMILES string of the molecule is COc1cc(-c2ccc(NC3(C(=O)O)C[C@H]3C)cc2COC2Cc3ccccc3C2)cc(OC)c1C. The Bertz CT molecular complexity index is 1250. The summed E-state index contributed by atoms with van der Waals surface area (Å²) < 4.78 is 17.7. The van der Waals surface area contributed by atoms with E-state index in [-0.39, 0.29) is 12.0 Å². The first-order chi connectivity index (χ1) is 17.3. The molecule has 6 heteroatoms. The molecule has 1 fully saturated rings. The van der Waals surface area contributed by atoms with Crippen LogP contribution in [0.4, 0.5) is 5.69 Å². The van der Waals surface area contributed by atoms with Gasteiger partial charge in [-0.2, -0.15) is 0 Å². The Labute approximate surface area is 212 Å². The van der Waals surface area contributed by atoms with Gasteiger partial charge in [-0.25, -0.2) is 4.79 Å². The normalized spacial score (nSPS) is 20.6. The summed E-state index contributed by atoms with van der Waals surface area (Å²) in [6.07, 6.45) is 2.52. The molecular formula is C30H33NO5. The van der Waals surface area contributed by atoms with E-state index in [9.17, 15) is 9.90 Å². The van der Waals surface area contributed by atoms with Crippen molar-refractivity contribution in [2.45, 2.75) is 51.4 Å². The molecule has 5 rings (SSSR count). The lowest BCUT2D eigenvalue weighted by Crippen LogP contribution is -2.33. The van der Waals surface area contributed by atoms with Crippen molar-refractivity contribution in [3.63, 3.8) is 0 Å². The van der Waals surface area contributed by atoms with Gasteiger partial charge in [0.25, 0.3) is 0 Å². The zero-order chi connectivity index (χ0) is 25.4. The van der Waals surface area contributed by atoms with Crippen molar-refractivity contribution in [1.82, 2.24) is 0 Å². The molecule has 0 saturated heterocycles. The van der Waals surface area contributed by atoms with Gasteiger partial charge >= 0.3 is 5.97 Å². The number of benzene rings is 3. The number of methoxy groups -OCH3 is 2. The fourth-order valence-corrected chi connectivity index (χ4v) is 5.37. The van der Waals surface area contributed by atoms with E-state index in [4.69, 9.17) is 14.2 Å². The molecule has 2 atom stereocenters. The number of nitrogens with one attached hydrogen (secondary N) is 1. The average molecular weight is 488 g/mol. The molecule has 0 heterocycles.